The highest BCUT2D eigenvalue weighted by atomic mass is 35.5. The van der Waals surface area contributed by atoms with Gasteiger partial charge in [0.25, 0.3) is 0 Å². The van der Waals surface area contributed by atoms with Crippen molar-refractivity contribution in [3.05, 3.63) is 10.0 Å². The van der Waals surface area contributed by atoms with E-state index >= 15 is 0 Å². The van der Waals surface area contributed by atoms with Crippen LogP contribution in [-0.2, 0) is 0 Å². The van der Waals surface area contributed by atoms with E-state index in [1.807, 2.05) is 6.07 Å². The molecule has 1 N–H and O–H groups in total. The molecule has 0 fully saturated rings. The summed E-state index contributed by atoms with van der Waals surface area (Å²) in [5.74, 6) is 0. The molecule has 1 heterocycles. The number of rotatable bonds is 5. The largest absolute Gasteiger partial charge is 0.361 e. The summed E-state index contributed by atoms with van der Waals surface area (Å²) < 4.78 is 0. The first-order valence-corrected chi connectivity index (χ1v) is 5.77. The average molecular weight is 230 g/mol. The zero-order chi connectivity index (χ0) is 10.4. The summed E-state index contributed by atoms with van der Waals surface area (Å²) >= 11 is 7.02. The van der Waals surface area contributed by atoms with Gasteiger partial charge in [0.15, 0.2) is 10.3 Å². The molecule has 3 nitrogen and oxygen atoms in total. The molecule has 0 aromatic carbocycles. The van der Waals surface area contributed by atoms with Gasteiger partial charge in [-0.2, -0.15) is 5.26 Å². The highest BCUT2D eigenvalue weighted by Crippen LogP contribution is 2.25. The van der Waals surface area contributed by atoms with Crippen molar-refractivity contribution in [2.75, 3.05) is 11.9 Å². The molecule has 0 aliphatic carbocycles. The van der Waals surface area contributed by atoms with E-state index in [-0.39, 0.29) is 0 Å². The molecule has 0 radical (unpaired) electrons. The Morgan fingerprint density at radius 2 is 2.36 bits per heavy atom. The zero-order valence-corrected chi connectivity index (χ0v) is 9.58. The van der Waals surface area contributed by atoms with Crippen LogP contribution in [0.3, 0.4) is 0 Å². The number of anilines is 1. The number of nitrogens with one attached hydrogen (secondary N) is 1. The van der Waals surface area contributed by atoms with Crippen LogP contribution in [0.4, 0.5) is 5.13 Å². The van der Waals surface area contributed by atoms with E-state index in [9.17, 15) is 0 Å². The summed E-state index contributed by atoms with van der Waals surface area (Å²) in [6.45, 7) is 3.05. The molecule has 1 aromatic heterocycles. The molecule has 0 saturated carbocycles. The van der Waals surface area contributed by atoms with Gasteiger partial charge < -0.3 is 5.32 Å². The second-order valence-corrected chi connectivity index (χ2v) is 4.24. The molecule has 0 bridgehead atoms. The Morgan fingerprint density at radius 1 is 1.57 bits per heavy atom. The van der Waals surface area contributed by atoms with Crippen molar-refractivity contribution >= 4 is 28.1 Å². The SMILES string of the molecule is CCCCCNc1nc(Cl)c(C#N)s1. The summed E-state index contributed by atoms with van der Waals surface area (Å²) in [5, 5.41) is 12.8. The van der Waals surface area contributed by atoms with Gasteiger partial charge in [0.2, 0.25) is 0 Å². The highest BCUT2D eigenvalue weighted by molar-refractivity contribution is 7.16. The van der Waals surface area contributed by atoms with Crippen LogP contribution < -0.4 is 5.32 Å². The smallest absolute Gasteiger partial charge is 0.185 e. The molecule has 0 saturated heterocycles. The van der Waals surface area contributed by atoms with E-state index in [0.29, 0.717) is 10.0 Å². The first-order valence-electron chi connectivity index (χ1n) is 4.58. The van der Waals surface area contributed by atoms with Gasteiger partial charge in [-0.05, 0) is 6.42 Å². The summed E-state index contributed by atoms with van der Waals surface area (Å²) in [6.07, 6.45) is 3.52. The second kappa shape index (κ2) is 5.84. The van der Waals surface area contributed by atoms with Crippen molar-refractivity contribution in [3.8, 4) is 6.07 Å². The lowest BCUT2D eigenvalue weighted by atomic mass is 10.2. The molecular weight excluding hydrogens is 218 g/mol. The van der Waals surface area contributed by atoms with Crippen molar-refractivity contribution in [1.29, 1.82) is 5.26 Å². The highest BCUT2D eigenvalue weighted by Gasteiger charge is 2.07. The number of hydrogen-bond donors (Lipinski definition) is 1. The van der Waals surface area contributed by atoms with Crippen molar-refractivity contribution in [3.63, 3.8) is 0 Å². The fraction of sp³-hybridized carbons (Fsp3) is 0.556. The molecule has 1 rings (SSSR count). The lowest BCUT2D eigenvalue weighted by Crippen LogP contribution is -2.00. The quantitative estimate of drug-likeness (QED) is 0.789. The molecule has 0 amide bonds. The fourth-order valence-electron chi connectivity index (χ4n) is 1.02. The average Bonchev–Trinajstić information content (AvgIpc) is 2.54. The minimum atomic E-state index is 0.301. The van der Waals surface area contributed by atoms with Crippen molar-refractivity contribution in [2.24, 2.45) is 0 Å². The van der Waals surface area contributed by atoms with E-state index in [1.54, 1.807) is 0 Å². The Morgan fingerprint density at radius 3 is 2.93 bits per heavy atom. The second-order valence-electron chi connectivity index (χ2n) is 2.88. The van der Waals surface area contributed by atoms with E-state index in [0.717, 1.165) is 18.1 Å². The van der Waals surface area contributed by atoms with Crippen molar-refractivity contribution in [1.82, 2.24) is 4.98 Å². The van der Waals surface area contributed by atoms with E-state index < -0.39 is 0 Å². The van der Waals surface area contributed by atoms with Gasteiger partial charge in [-0.3, -0.25) is 0 Å². The summed E-state index contributed by atoms with van der Waals surface area (Å²) in [4.78, 5) is 4.51. The van der Waals surface area contributed by atoms with Gasteiger partial charge in [-0.15, -0.1) is 0 Å². The van der Waals surface area contributed by atoms with Gasteiger partial charge in [-0.25, -0.2) is 4.98 Å². The first kappa shape index (κ1) is 11.3. The molecule has 0 unspecified atom stereocenters. The number of nitrogens with zero attached hydrogens (tertiary/aromatic N) is 2. The Kier molecular flexibility index (Phi) is 4.71. The third-order valence-electron chi connectivity index (χ3n) is 1.74. The number of nitriles is 1. The van der Waals surface area contributed by atoms with Crippen LogP contribution in [0.1, 0.15) is 31.1 Å². The minimum Gasteiger partial charge on any atom is -0.361 e. The van der Waals surface area contributed by atoms with Crippen LogP contribution in [0.5, 0.6) is 0 Å². The maximum Gasteiger partial charge on any atom is 0.185 e. The number of aromatic nitrogens is 1. The van der Waals surface area contributed by atoms with Crippen molar-refractivity contribution < 1.29 is 0 Å². The maximum atomic E-state index is 8.65. The van der Waals surface area contributed by atoms with Gasteiger partial charge in [0.05, 0.1) is 0 Å². The van der Waals surface area contributed by atoms with E-state index in [4.69, 9.17) is 16.9 Å². The van der Waals surface area contributed by atoms with Gasteiger partial charge >= 0.3 is 0 Å². The number of hydrogen-bond acceptors (Lipinski definition) is 4. The molecular formula is C9H12ClN3S. The summed E-state index contributed by atoms with van der Waals surface area (Å²) in [6, 6.07) is 2.00. The number of thiazole rings is 1. The molecule has 0 aliphatic heterocycles. The Bertz CT molecular complexity index is 329. The molecule has 5 heteroatoms. The van der Waals surface area contributed by atoms with Crippen LogP contribution in [0, 0.1) is 11.3 Å². The van der Waals surface area contributed by atoms with Crippen LogP contribution >= 0.6 is 22.9 Å². The van der Waals surface area contributed by atoms with Gasteiger partial charge in [-0.1, -0.05) is 42.7 Å². The zero-order valence-electron chi connectivity index (χ0n) is 8.01. The van der Waals surface area contributed by atoms with Crippen LogP contribution in [-0.4, -0.2) is 11.5 Å². The Labute approximate surface area is 92.7 Å². The normalized spacial score (nSPS) is 9.79. The lowest BCUT2D eigenvalue weighted by Gasteiger charge is -1.99. The van der Waals surface area contributed by atoms with Crippen LogP contribution in [0.2, 0.25) is 5.15 Å². The molecule has 14 heavy (non-hydrogen) atoms. The third kappa shape index (κ3) is 3.17. The predicted octanol–water partition coefficient (Wildman–Crippen LogP) is 3.27. The molecule has 0 atom stereocenters. The Hall–Kier alpha value is -0.790. The third-order valence-corrected chi connectivity index (χ3v) is 3.05. The van der Waals surface area contributed by atoms with Crippen LogP contribution in [0.25, 0.3) is 0 Å². The summed E-state index contributed by atoms with van der Waals surface area (Å²) in [5.41, 5.74) is 0. The molecule has 0 spiro atoms. The number of unbranched alkanes of at least 4 members (excludes halogenated alkanes) is 2. The predicted molar refractivity (Wildman–Crippen MR) is 59.9 cm³/mol. The first-order chi connectivity index (χ1) is 6.77. The molecule has 0 aliphatic rings. The van der Waals surface area contributed by atoms with Crippen molar-refractivity contribution in [2.45, 2.75) is 26.2 Å². The topological polar surface area (TPSA) is 48.7 Å². The van der Waals surface area contributed by atoms with Gasteiger partial charge in [0, 0.05) is 6.54 Å². The maximum absolute atomic E-state index is 8.65. The van der Waals surface area contributed by atoms with E-state index in [1.165, 1.54) is 24.2 Å². The fourth-order valence-corrected chi connectivity index (χ4v) is 1.99. The Balaban J connectivity index is 2.40. The minimum absolute atomic E-state index is 0.301. The number of halogens is 1. The molecule has 1 aromatic rings. The monoisotopic (exact) mass is 229 g/mol. The van der Waals surface area contributed by atoms with Gasteiger partial charge in [0.1, 0.15) is 10.9 Å². The standard InChI is InChI=1S/C9H12ClN3S/c1-2-3-4-5-12-9-13-8(10)7(6-11)14-9/h2-5H2,1H3,(H,12,13). The summed E-state index contributed by atoms with van der Waals surface area (Å²) in [7, 11) is 0. The molecule has 76 valence electrons. The lowest BCUT2D eigenvalue weighted by molar-refractivity contribution is 0.743. The van der Waals surface area contributed by atoms with Crippen LogP contribution in [0.15, 0.2) is 0 Å². The van der Waals surface area contributed by atoms with E-state index in [2.05, 4.69) is 17.2 Å².